The SMILES string of the molecule is COc1ccc(NS(=O)(=O)c2cccc(C(=O)O[C@@H](C)C(=O)Nc3ccnn3C(C)C)c2)cc1. The molecule has 1 atom stereocenters. The number of carbonyl (C=O) groups is 2. The molecule has 1 aromatic heterocycles. The number of amides is 1. The van der Waals surface area contributed by atoms with Crippen LogP contribution in [-0.4, -0.2) is 43.3 Å². The highest BCUT2D eigenvalue weighted by Crippen LogP contribution is 2.21. The van der Waals surface area contributed by atoms with Gasteiger partial charge >= 0.3 is 5.97 Å². The summed E-state index contributed by atoms with van der Waals surface area (Å²) in [5.74, 6) is -0.317. The standard InChI is InChI=1S/C23H26N4O6S/c1-15(2)27-21(12-13-24-27)25-22(28)16(3)33-23(29)17-6-5-7-20(14-17)34(30,31)26-18-8-10-19(32-4)11-9-18/h5-16,26H,1-4H3,(H,25,28)/t16-/m0/s1. The smallest absolute Gasteiger partial charge is 0.338 e. The first kappa shape index (κ1) is 24.8. The minimum absolute atomic E-state index is 0.00974. The lowest BCUT2D eigenvalue weighted by Crippen LogP contribution is -2.31. The number of anilines is 2. The monoisotopic (exact) mass is 486 g/mol. The fraction of sp³-hybridized carbons (Fsp3) is 0.261. The van der Waals surface area contributed by atoms with Gasteiger partial charge in [-0.2, -0.15) is 5.10 Å². The Morgan fingerprint density at radius 1 is 1.03 bits per heavy atom. The third kappa shape index (κ3) is 5.93. The summed E-state index contributed by atoms with van der Waals surface area (Å²) in [6, 6.07) is 13.4. The summed E-state index contributed by atoms with van der Waals surface area (Å²) in [6.07, 6.45) is 0.429. The van der Waals surface area contributed by atoms with E-state index in [4.69, 9.17) is 9.47 Å². The molecule has 0 bridgehead atoms. The summed E-state index contributed by atoms with van der Waals surface area (Å²) >= 11 is 0. The topological polar surface area (TPSA) is 129 Å². The second-order valence-electron chi connectivity index (χ2n) is 7.65. The second-order valence-corrected chi connectivity index (χ2v) is 9.34. The molecule has 180 valence electrons. The number of carbonyl (C=O) groups excluding carboxylic acids is 2. The van der Waals surface area contributed by atoms with Crippen molar-refractivity contribution in [3.05, 3.63) is 66.4 Å². The first-order valence-electron chi connectivity index (χ1n) is 10.4. The van der Waals surface area contributed by atoms with Gasteiger partial charge in [0.1, 0.15) is 11.6 Å². The molecule has 0 aliphatic heterocycles. The second kappa shape index (κ2) is 10.4. The summed E-state index contributed by atoms with van der Waals surface area (Å²) in [4.78, 5) is 25.0. The number of esters is 1. The molecule has 1 heterocycles. The van der Waals surface area contributed by atoms with Gasteiger partial charge in [0, 0.05) is 17.8 Å². The fourth-order valence-corrected chi connectivity index (χ4v) is 4.10. The Labute approximate surface area is 197 Å². The van der Waals surface area contributed by atoms with Crippen LogP contribution in [0.2, 0.25) is 0 Å². The average molecular weight is 487 g/mol. The summed E-state index contributed by atoms with van der Waals surface area (Å²) in [5, 5.41) is 6.80. The number of aromatic nitrogens is 2. The lowest BCUT2D eigenvalue weighted by atomic mass is 10.2. The number of nitrogens with one attached hydrogen (secondary N) is 2. The van der Waals surface area contributed by atoms with Crippen LogP contribution in [0.4, 0.5) is 11.5 Å². The summed E-state index contributed by atoms with van der Waals surface area (Å²) in [5.41, 5.74) is 0.323. The average Bonchev–Trinajstić information content (AvgIpc) is 3.28. The molecular weight excluding hydrogens is 460 g/mol. The van der Waals surface area contributed by atoms with Crippen LogP contribution in [0.15, 0.2) is 65.7 Å². The molecule has 0 aliphatic rings. The Morgan fingerprint density at radius 3 is 2.38 bits per heavy atom. The van der Waals surface area contributed by atoms with Crippen molar-refractivity contribution in [1.29, 1.82) is 0 Å². The van der Waals surface area contributed by atoms with E-state index in [-0.39, 0.29) is 16.5 Å². The predicted octanol–water partition coefficient (Wildman–Crippen LogP) is 3.46. The Bertz CT molecular complexity index is 1270. The van der Waals surface area contributed by atoms with Crippen molar-refractivity contribution in [2.24, 2.45) is 0 Å². The molecule has 1 amide bonds. The van der Waals surface area contributed by atoms with Crippen LogP contribution < -0.4 is 14.8 Å². The molecule has 3 aromatic rings. The highest BCUT2D eigenvalue weighted by Gasteiger charge is 2.22. The molecule has 0 fully saturated rings. The first-order chi connectivity index (χ1) is 16.1. The number of sulfonamides is 1. The van der Waals surface area contributed by atoms with E-state index in [0.29, 0.717) is 17.3 Å². The maximum absolute atomic E-state index is 12.8. The lowest BCUT2D eigenvalue weighted by molar-refractivity contribution is -0.123. The summed E-state index contributed by atoms with van der Waals surface area (Å²) in [7, 11) is -2.46. The van der Waals surface area contributed by atoms with Gasteiger partial charge in [-0.05, 0) is 63.2 Å². The van der Waals surface area contributed by atoms with E-state index in [2.05, 4.69) is 15.1 Å². The van der Waals surface area contributed by atoms with Crippen LogP contribution in [0, 0.1) is 0 Å². The van der Waals surface area contributed by atoms with Gasteiger partial charge in [0.05, 0.1) is 23.8 Å². The molecule has 11 heteroatoms. The lowest BCUT2D eigenvalue weighted by Gasteiger charge is -2.16. The van der Waals surface area contributed by atoms with E-state index in [1.165, 1.54) is 38.3 Å². The van der Waals surface area contributed by atoms with Crippen molar-refractivity contribution in [3.63, 3.8) is 0 Å². The normalized spacial score (nSPS) is 12.1. The largest absolute Gasteiger partial charge is 0.497 e. The quantitative estimate of drug-likeness (QED) is 0.443. The van der Waals surface area contributed by atoms with Crippen molar-refractivity contribution in [3.8, 4) is 5.75 Å². The number of ether oxygens (including phenoxy) is 2. The molecule has 2 aromatic carbocycles. The Hall–Kier alpha value is -3.86. The van der Waals surface area contributed by atoms with Gasteiger partial charge in [-0.1, -0.05) is 6.07 Å². The number of rotatable bonds is 9. The zero-order valence-electron chi connectivity index (χ0n) is 19.2. The fourth-order valence-electron chi connectivity index (χ4n) is 3.00. The van der Waals surface area contributed by atoms with E-state index in [1.807, 2.05) is 13.8 Å². The van der Waals surface area contributed by atoms with Crippen molar-refractivity contribution in [1.82, 2.24) is 9.78 Å². The molecule has 0 spiro atoms. The van der Waals surface area contributed by atoms with Gasteiger partial charge in [0.2, 0.25) is 0 Å². The third-order valence-corrected chi connectivity index (χ3v) is 6.16. The van der Waals surface area contributed by atoms with Gasteiger partial charge in [0.15, 0.2) is 6.10 Å². The minimum atomic E-state index is -3.97. The first-order valence-corrected chi connectivity index (χ1v) is 11.9. The Morgan fingerprint density at radius 2 is 1.74 bits per heavy atom. The predicted molar refractivity (Wildman–Crippen MR) is 126 cm³/mol. The third-order valence-electron chi connectivity index (χ3n) is 4.79. The van der Waals surface area contributed by atoms with Crippen LogP contribution in [0.25, 0.3) is 0 Å². The van der Waals surface area contributed by atoms with Gasteiger partial charge in [-0.3, -0.25) is 9.52 Å². The molecular formula is C23H26N4O6S. The number of nitrogens with zero attached hydrogens (tertiary/aromatic N) is 2. The van der Waals surface area contributed by atoms with Crippen molar-refractivity contribution in [2.45, 2.75) is 37.8 Å². The maximum Gasteiger partial charge on any atom is 0.338 e. The zero-order valence-corrected chi connectivity index (χ0v) is 20.0. The van der Waals surface area contributed by atoms with Crippen LogP contribution >= 0.6 is 0 Å². The van der Waals surface area contributed by atoms with Crippen molar-refractivity contribution in [2.75, 3.05) is 17.1 Å². The van der Waals surface area contributed by atoms with Gasteiger partial charge in [-0.15, -0.1) is 0 Å². The van der Waals surface area contributed by atoms with Gasteiger partial charge in [-0.25, -0.2) is 17.9 Å². The van der Waals surface area contributed by atoms with Gasteiger partial charge < -0.3 is 14.8 Å². The molecule has 0 saturated heterocycles. The number of hydrogen-bond acceptors (Lipinski definition) is 7. The molecule has 3 rings (SSSR count). The van der Waals surface area contributed by atoms with Crippen LogP contribution in [0.5, 0.6) is 5.75 Å². The van der Waals surface area contributed by atoms with Crippen LogP contribution in [-0.2, 0) is 19.6 Å². The molecule has 10 nitrogen and oxygen atoms in total. The summed E-state index contributed by atoms with van der Waals surface area (Å²) < 4.78 is 39.9. The van der Waals surface area contributed by atoms with E-state index in [0.717, 1.165) is 0 Å². The van der Waals surface area contributed by atoms with Crippen LogP contribution in [0.1, 0.15) is 37.2 Å². The molecule has 0 unspecified atom stereocenters. The minimum Gasteiger partial charge on any atom is -0.497 e. The molecule has 0 aliphatic carbocycles. The number of methoxy groups -OCH3 is 1. The van der Waals surface area contributed by atoms with Gasteiger partial charge in [0.25, 0.3) is 15.9 Å². The van der Waals surface area contributed by atoms with Crippen molar-refractivity contribution < 1.29 is 27.5 Å². The number of benzene rings is 2. The van der Waals surface area contributed by atoms with E-state index < -0.39 is 28.0 Å². The van der Waals surface area contributed by atoms with E-state index >= 15 is 0 Å². The number of hydrogen-bond donors (Lipinski definition) is 2. The molecule has 0 saturated carbocycles. The molecule has 2 N–H and O–H groups in total. The van der Waals surface area contributed by atoms with Crippen molar-refractivity contribution >= 4 is 33.4 Å². The zero-order chi connectivity index (χ0) is 24.9. The molecule has 0 radical (unpaired) electrons. The Kier molecular flexibility index (Phi) is 7.57. The van der Waals surface area contributed by atoms with Crippen LogP contribution in [0.3, 0.4) is 0 Å². The molecule has 34 heavy (non-hydrogen) atoms. The highest BCUT2D eigenvalue weighted by atomic mass is 32.2. The van der Waals surface area contributed by atoms with E-state index in [1.54, 1.807) is 41.2 Å². The highest BCUT2D eigenvalue weighted by molar-refractivity contribution is 7.92. The Balaban J connectivity index is 1.68. The van der Waals surface area contributed by atoms with E-state index in [9.17, 15) is 18.0 Å². The summed E-state index contributed by atoms with van der Waals surface area (Å²) in [6.45, 7) is 5.25. The maximum atomic E-state index is 12.8.